The topological polar surface area (TPSA) is 60.9 Å². The zero-order valence-corrected chi connectivity index (χ0v) is 10.8. The highest BCUT2D eigenvalue weighted by Gasteiger charge is 2.23. The van der Waals surface area contributed by atoms with Gasteiger partial charge in [-0.2, -0.15) is 0 Å². The third-order valence-corrected chi connectivity index (χ3v) is 3.14. The van der Waals surface area contributed by atoms with Crippen molar-refractivity contribution in [2.45, 2.75) is 20.4 Å². The summed E-state index contributed by atoms with van der Waals surface area (Å²) in [5.41, 5.74) is 1.74. The number of carbonyl (C=O) groups is 1. The van der Waals surface area contributed by atoms with E-state index < -0.39 is 0 Å². The highest BCUT2D eigenvalue weighted by atomic mass is 16.5. The van der Waals surface area contributed by atoms with E-state index in [1.165, 1.54) is 0 Å². The van der Waals surface area contributed by atoms with Gasteiger partial charge in [-0.05, 0) is 13.8 Å². The molecule has 1 aromatic carbocycles. The fourth-order valence-corrected chi connectivity index (χ4v) is 2.23. The van der Waals surface area contributed by atoms with Crippen LogP contribution >= 0.6 is 0 Å². The van der Waals surface area contributed by atoms with E-state index in [4.69, 9.17) is 4.52 Å². The quantitative estimate of drug-likeness (QED) is 0.675. The zero-order chi connectivity index (χ0) is 13.4. The van der Waals surface area contributed by atoms with Crippen LogP contribution in [0.5, 0.6) is 0 Å². The number of carbonyl (C=O) groups excluding carboxylic acids is 1. The van der Waals surface area contributed by atoms with Crippen LogP contribution in [0, 0.1) is 6.92 Å². The van der Waals surface area contributed by atoms with Crippen molar-refractivity contribution in [1.29, 1.82) is 0 Å². The van der Waals surface area contributed by atoms with Crippen LogP contribution in [-0.4, -0.2) is 20.5 Å². The molecule has 19 heavy (non-hydrogen) atoms. The van der Waals surface area contributed by atoms with Crippen molar-refractivity contribution < 1.29 is 9.32 Å². The Balaban J connectivity index is 2.18. The molecule has 0 radical (unpaired) electrons. The lowest BCUT2D eigenvalue weighted by Crippen LogP contribution is -2.04. The molecule has 0 N–H and O–H groups in total. The van der Waals surface area contributed by atoms with E-state index >= 15 is 0 Å². The average molecular weight is 255 g/mol. The number of aromatic nitrogens is 3. The van der Waals surface area contributed by atoms with E-state index in [9.17, 15) is 4.79 Å². The maximum Gasteiger partial charge on any atom is 0.233 e. The van der Waals surface area contributed by atoms with E-state index in [2.05, 4.69) is 10.1 Å². The Morgan fingerprint density at radius 2 is 2.05 bits per heavy atom. The number of hydrogen-bond donors (Lipinski definition) is 0. The Bertz CT molecular complexity index is 741. The monoisotopic (exact) mass is 255 g/mol. The molecule has 2 heterocycles. The number of aryl methyl sites for hydroxylation is 2. The third kappa shape index (κ3) is 1.74. The van der Waals surface area contributed by atoms with Crippen LogP contribution in [0.25, 0.3) is 11.2 Å². The van der Waals surface area contributed by atoms with Gasteiger partial charge in [-0.25, -0.2) is 4.98 Å². The fourth-order valence-electron chi connectivity index (χ4n) is 2.23. The van der Waals surface area contributed by atoms with Gasteiger partial charge >= 0.3 is 0 Å². The van der Waals surface area contributed by atoms with Gasteiger partial charge < -0.3 is 9.09 Å². The third-order valence-electron chi connectivity index (χ3n) is 3.14. The summed E-state index contributed by atoms with van der Waals surface area (Å²) in [6.45, 7) is 4.61. The predicted octanol–water partition coefficient (Wildman–Crippen LogP) is 2.58. The SMILES string of the molecule is CCn1c(C)nc2noc(C(=O)c3ccccc3)c21. The molecule has 0 saturated carbocycles. The number of imidazole rings is 1. The van der Waals surface area contributed by atoms with Crippen LogP contribution in [0.3, 0.4) is 0 Å². The van der Waals surface area contributed by atoms with Gasteiger partial charge in [0.2, 0.25) is 17.2 Å². The van der Waals surface area contributed by atoms with Crippen molar-refractivity contribution in [3.05, 3.63) is 47.5 Å². The highest BCUT2D eigenvalue weighted by Crippen LogP contribution is 2.22. The number of benzene rings is 1. The summed E-state index contributed by atoms with van der Waals surface area (Å²) >= 11 is 0. The second-order valence-electron chi connectivity index (χ2n) is 4.28. The minimum Gasteiger partial charge on any atom is -0.348 e. The largest absolute Gasteiger partial charge is 0.348 e. The molecule has 0 unspecified atom stereocenters. The minimum atomic E-state index is -0.169. The van der Waals surface area contributed by atoms with Crippen LogP contribution in [0.1, 0.15) is 28.9 Å². The molecule has 0 aliphatic carbocycles. The van der Waals surface area contributed by atoms with E-state index in [-0.39, 0.29) is 11.5 Å². The van der Waals surface area contributed by atoms with Crippen molar-refractivity contribution in [2.24, 2.45) is 0 Å². The van der Waals surface area contributed by atoms with E-state index in [1.54, 1.807) is 12.1 Å². The van der Waals surface area contributed by atoms with Crippen LogP contribution in [0.2, 0.25) is 0 Å². The molecular formula is C14H13N3O2. The smallest absolute Gasteiger partial charge is 0.233 e. The summed E-state index contributed by atoms with van der Waals surface area (Å²) in [4.78, 5) is 16.7. The molecule has 5 heteroatoms. The Kier molecular flexibility index (Phi) is 2.67. The standard InChI is InChI=1S/C14H13N3O2/c1-3-17-9(2)15-14-11(17)13(19-16-14)12(18)10-7-5-4-6-8-10/h4-8H,3H2,1-2H3. The van der Waals surface area contributed by atoms with E-state index in [0.29, 0.717) is 16.7 Å². The summed E-state index contributed by atoms with van der Waals surface area (Å²) in [5.74, 6) is 0.916. The molecule has 3 aromatic rings. The maximum absolute atomic E-state index is 12.4. The zero-order valence-electron chi connectivity index (χ0n) is 10.8. The summed E-state index contributed by atoms with van der Waals surface area (Å²) < 4.78 is 7.12. The second kappa shape index (κ2) is 4.35. The summed E-state index contributed by atoms with van der Waals surface area (Å²) in [6, 6.07) is 9.03. The van der Waals surface area contributed by atoms with Gasteiger partial charge in [0, 0.05) is 12.1 Å². The van der Waals surface area contributed by atoms with Gasteiger partial charge in [-0.15, -0.1) is 0 Å². The molecule has 3 rings (SSSR count). The molecule has 0 aliphatic rings. The van der Waals surface area contributed by atoms with Crippen molar-refractivity contribution >= 4 is 16.9 Å². The normalized spacial score (nSPS) is 11.1. The molecular weight excluding hydrogens is 242 g/mol. The molecule has 0 fully saturated rings. The molecule has 96 valence electrons. The Morgan fingerprint density at radius 1 is 1.32 bits per heavy atom. The Hall–Kier alpha value is -2.43. The molecule has 0 aliphatic heterocycles. The number of hydrogen-bond acceptors (Lipinski definition) is 4. The van der Waals surface area contributed by atoms with Crippen LogP contribution in [0.4, 0.5) is 0 Å². The fraction of sp³-hybridized carbons (Fsp3) is 0.214. The first-order chi connectivity index (χ1) is 9.22. The summed E-state index contributed by atoms with van der Waals surface area (Å²) in [7, 11) is 0. The van der Waals surface area contributed by atoms with Gasteiger partial charge in [-0.1, -0.05) is 35.5 Å². The highest BCUT2D eigenvalue weighted by molar-refractivity contribution is 6.12. The first kappa shape index (κ1) is 11.6. The Morgan fingerprint density at radius 3 is 2.74 bits per heavy atom. The van der Waals surface area contributed by atoms with Gasteiger partial charge in [-0.3, -0.25) is 4.79 Å². The summed E-state index contributed by atoms with van der Waals surface area (Å²) in [6.07, 6.45) is 0. The number of nitrogens with zero attached hydrogens (tertiary/aromatic N) is 3. The predicted molar refractivity (Wildman–Crippen MR) is 70.1 cm³/mol. The lowest BCUT2D eigenvalue weighted by molar-refractivity contribution is 0.100. The van der Waals surface area contributed by atoms with Crippen LogP contribution in [-0.2, 0) is 6.54 Å². The van der Waals surface area contributed by atoms with Crippen molar-refractivity contribution in [3.8, 4) is 0 Å². The molecule has 0 bridgehead atoms. The van der Waals surface area contributed by atoms with E-state index in [1.807, 2.05) is 36.6 Å². The maximum atomic E-state index is 12.4. The lowest BCUT2D eigenvalue weighted by atomic mass is 10.1. The van der Waals surface area contributed by atoms with E-state index in [0.717, 1.165) is 12.4 Å². The number of rotatable bonds is 3. The van der Waals surface area contributed by atoms with Gasteiger partial charge in [0.15, 0.2) is 0 Å². The van der Waals surface area contributed by atoms with Crippen molar-refractivity contribution in [1.82, 2.24) is 14.7 Å². The summed E-state index contributed by atoms with van der Waals surface area (Å²) in [5, 5.41) is 3.87. The van der Waals surface area contributed by atoms with Crippen molar-refractivity contribution in [2.75, 3.05) is 0 Å². The van der Waals surface area contributed by atoms with Crippen LogP contribution < -0.4 is 0 Å². The van der Waals surface area contributed by atoms with Gasteiger partial charge in [0.05, 0.1) is 0 Å². The first-order valence-corrected chi connectivity index (χ1v) is 6.14. The van der Waals surface area contributed by atoms with Crippen LogP contribution in [0.15, 0.2) is 34.9 Å². The molecule has 0 saturated heterocycles. The second-order valence-corrected chi connectivity index (χ2v) is 4.28. The number of fused-ring (bicyclic) bond motifs is 1. The molecule has 0 spiro atoms. The lowest BCUT2D eigenvalue weighted by Gasteiger charge is -2.02. The molecule has 5 nitrogen and oxygen atoms in total. The average Bonchev–Trinajstić information content (AvgIpc) is 2.96. The molecule has 2 aromatic heterocycles. The molecule has 0 atom stereocenters. The Labute approximate surface area is 109 Å². The minimum absolute atomic E-state index is 0.169. The van der Waals surface area contributed by atoms with Gasteiger partial charge in [0.1, 0.15) is 11.3 Å². The van der Waals surface area contributed by atoms with Gasteiger partial charge in [0.25, 0.3) is 0 Å². The molecule has 0 amide bonds. The first-order valence-electron chi connectivity index (χ1n) is 6.14. The number of ketones is 1. The van der Waals surface area contributed by atoms with Crippen molar-refractivity contribution in [3.63, 3.8) is 0 Å².